The van der Waals surface area contributed by atoms with E-state index in [1.807, 2.05) is 0 Å². The van der Waals surface area contributed by atoms with E-state index in [1.165, 1.54) is 50.1 Å². The zero-order chi connectivity index (χ0) is 28.6. The lowest BCUT2D eigenvalue weighted by Gasteiger charge is -2.19. The van der Waals surface area contributed by atoms with Crippen LogP contribution in [0.1, 0.15) is 47.6 Å². The summed E-state index contributed by atoms with van der Waals surface area (Å²) in [5, 5.41) is 0. The van der Waals surface area contributed by atoms with Crippen LogP contribution in [-0.4, -0.2) is 0 Å². The van der Waals surface area contributed by atoms with Crippen molar-refractivity contribution in [1.82, 2.24) is 0 Å². The van der Waals surface area contributed by atoms with Gasteiger partial charge in [-0.05, 0) is 69.4 Å². The van der Waals surface area contributed by atoms with Gasteiger partial charge in [-0.1, -0.05) is 171 Å². The van der Waals surface area contributed by atoms with Gasteiger partial charge in [-0.2, -0.15) is 0 Å². The molecule has 0 saturated heterocycles. The van der Waals surface area contributed by atoms with Gasteiger partial charge in [-0.15, -0.1) is 0 Å². The van der Waals surface area contributed by atoms with Crippen molar-refractivity contribution < 1.29 is 0 Å². The first-order valence-corrected chi connectivity index (χ1v) is 15.2. The highest BCUT2D eigenvalue weighted by molar-refractivity contribution is 5.86. The standard InChI is InChI=1S/C42H38/c1-2-32-18-28-40(29-19-32)42(39-16-10-5-11-17-39)31-34-22-26-36(27-23-34)35-24-20-33(21-25-35)30-41(37-12-6-3-7-13-37)38-14-8-4-9-15-38/h3-14,16,18-31,38-39H,2,15,17H2,1H3. The first-order valence-electron chi connectivity index (χ1n) is 15.2. The van der Waals surface area contributed by atoms with Crippen molar-refractivity contribution >= 4 is 23.3 Å². The molecule has 42 heavy (non-hydrogen) atoms. The van der Waals surface area contributed by atoms with Crippen LogP contribution in [0.15, 0.2) is 152 Å². The summed E-state index contributed by atoms with van der Waals surface area (Å²) < 4.78 is 0. The zero-order valence-corrected chi connectivity index (χ0v) is 24.4. The van der Waals surface area contributed by atoms with E-state index in [4.69, 9.17) is 0 Å². The highest BCUT2D eigenvalue weighted by Gasteiger charge is 2.15. The van der Waals surface area contributed by atoms with Gasteiger partial charge in [0.2, 0.25) is 0 Å². The number of benzene rings is 4. The molecule has 0 amide bonds. The van der Waals surface area contributed by atoms with Gasteiger partial charge >= 0.3 is 0 Å². The second-order valence-electron chi connectivity index (χ2n) is 11.2. The smallest absolute Gasteiger partial charge is 0.00618 e. The van der Waals surface area contributed by atoms with Crippen LogP contribution in [-0.2, 0) is 6.42 Å². The lowest BCUT2D eigenvalue weighted by Crippen LogP contribution is -2.02. The van der Waals surface area contributed by atoms with Crippen molar-refractivity contribution in [2.45, 2.75) is 26.2 Å². The molecule has 2 unspecified atom stereocenters. The second kappa shape index (κ2) is 13.3. The van der Waals surface area contributed by atoms with Crippen LogP contribution in [0.4, 0.5) is 0 Å². The summed E-state index contributed by atoms with van der Waals surface area (Å²) in [6, 6.07) is 37.9. The van der Waals surface area contributed by atoms with Gasteiger partial charge in [0.1, 0.15) is 0 Å². The van der Waals surface area contributed by atoms with Crippen molar-refractivity contribution in [2.24, 2.45) is 11.8 Å². The summed E-state index contributed by atoms with van der Waals surface area (Å²) in [6.45, 7) is 2.21. The first-order chi connectivity index (χ1) is 20.8. The van der Waals surface area contributed by atoms with E-state index in [1.54, 1.807) is 0 Å². The summed E-state index contributed by atoms with van der Waals surface area (Å²) in [5.74, 6) is 0.788. The van der Waals surface area contributed by atoms with Crippen LogP contribution in [0.2, 0.25) is 0 Å². The normalized spacial score (nSPS) is 18.4. The quantitative estimate of drug-likeness (QED) is 0.194. The van der Waals surface area contributed by atoms with E-state index in [0.717, 1.165) is 19.3 Å². The Balaban J connectivity index is 1.24. The van der Waals surface area contributed by atoms with Gasteiger partial charge in [0.15, 0.2) is 0 Å². The Kier molecular flexibility index (Phi) is 8.72. The van der Waals surface area contributed by atoms with Crippen LogP contribution in [0, 0.1) is 11.8 Å². The molecular weight excluding hydrogens is 504 g/mol. The maximum Gasteiger partial charge on any atom is 0.00618 e. The van der Waals surface area contributed by atoms with Crippen molar-refractivity contribution in [1.29, 1.82) is 0 Å². The lowest BCUT2D eigenvalue weighted by atomic mass is 9.86. The van der Waals surface area contributed by atoms with Gasteiger partial charge in [0, 0.05) is 11.8 Å². The van der Waals surface area contributed by atoms with Crippen molar-refractivity contribution in [3.05, 3.63) is 180 Å². The molecule has 2 aliphatic rings. The monoisotopic (exact) mass is 542 g/mol. The molecule has 4 aromatic carbocycles. The van der Waals surface area contributed by atoms with E-state index in [-0.39, 0.29) is 0 Å². The Morgan fingerprint density at radius 3 is 1.45 bits per heavy atom. The molecule has 6 rings (SSSR count). The van der Waals surface area contributed by atoms with Crippen molar-refractivity contribution in [3.8, 4) is 11.1 Å². The predicted octanol–water partition coefficient (Wildman–Crippen LogP) is 11.3. The second-order valence-corrected chi connectivity index (χ2v) is 11.2. The molecule has 2 aliphatic carbocycles. The third-order valence-electron chi connectivity index (χ3n) is 8.36. The molecule has 0 heteroatoms. The minimum Gasteiger partial charge on any atom is -0.0836 e. The highest BCUT2D eigenvalue weighted by Crippen LogP contribution is 2.34. The zero-order valence-electron chi connectivity index (χ0n) is 24.4. The summed E-state index contributed by atoms with van der Waals surface area (Å²) in [4.78, 5) is 0. The molecule has 0 aliphatic heterocycles. The minimum absolute atomic E-state index is 0.392. The Morgan fingerprint density at radius 1 is 0.548 bits per heavy atom. The molecule has 0 saturated carbocycles. The molecule has 4 aromatic rings. The summed E-state index contributed by atoms with van der Waals surface area (Å²) in [7, 11) is 0. The Hall–Kier alpha value is -4.68. The van der Waals surface area contributed by atoms with E-state index >= 15 is 0 Å². The SMILES string of the molecule is CCc1ccc(C(=Cc2ccc(-c3ccc(C=C(c4ccccc4)C4C=CC=CC4)cc3)cc2)C2C=CC=CC2)cc1. The summed E-state index contributed by atoms with van der Waals surface area (Å²) in [5.41, 5.74) is 11.6. The van der Waals surface area contributed by atoms with E-state index in [9.17, 15) is 0 Å². The van der Waals surface area contributed by atoms with Gasteiger partial charge in [0.05, 0.1) is 0 Å². The minimum atomic E-state index is 0.392. The third-order valence-corrected chi connectivity index (χ3v) is 8.36. The van der Waals surface area contributed by atoms with Crippen LogP contribution >= 0.6 is 0 Å². The number of allylic oxidation sites excluding steroid dienone is 10. The molecule has 2 atom stereocenters. The molecule has 0 fully saturated rings. The third kappa shape index (κ3) is 6.61. The fraction of sp³-hybridized carbons (Fsp3) is 0.143. The summed E-state index contributed by atoms with van der Waals surface area (Å²) in [6.07, 6.45) is 25.7. The van der Waals surface area contributed by atoms with Gasteiger partial charge in [-0.3, -0.25) is 0 Å². The van der Waals surface area contributed by atoms with Gasteiger partial charge in [-0.25, -0.2) is 0 Å². The Morgan fingerprint density at radius 2 is 1.02 bits per heavy atom. The maximum atomic E-state index is 2.37. The molecule has 0 heterocycles. The molecule has 206 valence electrons. The molecule has 0 nitrogen and oxygen atoms in total. The number of aryl methyl sites for hydroxylation is 1. The molecule has 0 radical (unpaired) electrons. The largest absolute Gasteiger partial charge is 0.0836 e. The van der Waals surface area contributed by atoms with Crippen LogP contribution in [0.3, 0.4) is 0 Å². The Bertz CT molecular complexity index is 1650. The molecule has 0 bridgehead atoms. The van der Waals surface area contributed by atoms with E-state index in [2.05, 4.69) is 171 Å². The number of hydrogen-bond donors (Lipinski definition) is 0. The van der Waals surface area contributed by atoms with Crippen molar-refractivity contribution in [2.75, 3.05) is 0 Å². The molecule has 0 spiro atoms. The van der Waals surface area contributed by atoms with E-state index in [0.29, 0.717) is 11.8 Å². The van der Waals surface area contributed by atoms with E-state index < -0.39 is 0 Å². The number of rotatable bonds is 8. The lowest BCUT2D eigenvalue weighted by molar-refractivity contribution is 0.846. The fourth-order valence-corrected chi connectivity index (χ4v) is 5.90. The molecular formula is C42H38. The molecule has 0 aromatic heterocycles. The predicted molar refractivity (Wildman–Crippen MR) is 183 cm³/mol. The number of hydrogen-bond acceptors (Lipinski definition) is 0. The average molecular weight is 543 g/mol. The van der Waals surface area contributed by atoms with Crippen LogP contribution in [0.25, 0.3) is 34.4 Å². The Labute approximate surface area is 251 Å². The maximum absolute atomic E-state index is 2.37. The van der Waals surface area contributed by atoms with Crippen molar-refractivity contribution in [3.63, 3.8) is 0 Å². The van der Waals surface area contributed by atoms with Gasteiger partial charge < -0.3 is 0 Å². The van der Waals surface area contributed by atoms with Crippen LogP contribution in [0.5, 0.6) is 0 Å². The first kappa shape index (κ1) is 27.5. The summed E-state index contributed by atoms with van der Waals surface area (Å²) >= 11 is 0. The average Bonchev–Trinajstić information content (AvgIpc) is 3.08. The topological polar surface area (TPSA) is 0 Å². The van der Waals surface area contributed by atoms with Gasteiger partial charge in [0.25, 0.3) is 0 Å². The highest BCUT2D eigenvalue weighted by atomic mass is 14.2. The molecule has 0 N–H and O–H groups in total. The van der Waals surface area contributed by atoms with Crippen LogP contribution < -0.4 is 0 Å². The fourth-order valence-electron chi connectivity index (χ4n) is 5.90.